The van der Waals surface area contributed by atoms with Crippen molar-refractivity contribution in [3.8, 4) is 0 Å². The second-order valence-corrected chi connectivity index (χ2v) is 6.98. The fraction of sp³-hybridized carbons (Fsp3) is 0.933. The zero-order chi connectivity index (χ0) is 14.8. The Kier molecular flexibility index (Phi) is 9.10. The number of nitrogens with zero attached hydrogens (tertiary/aromatic N) is 1. The fourth-order valence-electron chi connectivity index (χ4n) is 2.43. The number of alkyl carbamates (subject to hydrolysis) is 1. The van der Waals surface area contributed by atoms with Gasteiger partial charge in [0.15, 0.2) is 0 Å². The number of rotatable bonds is 8. The van der Waals surface area contributed by atoms with Crippen LogP contribution in [0.1, 0.15) is 40.0 Å². The molecule has 1 aliphatic rings. The highest BCUT2D eigenvalue weighted by Crippen LogP contribution is 2.13. The average Bonchev–Trinajstić information content (AvgIpc) is 2.38. The largest absolute Gasteiger partial charge is 0.450 e. The highest BCUT2D eigenvalue weighted by atomic mass is 32.2. The minimum atomic E-state index is -0.271. The monoisotopic (exact) mass is 302 g/mol. The van der Waals surface area contributed by atoms with E-state index in [9.17, 15) is 4.79 Å². The van der Waals surface area contributed by atoms with Gasteiger partial charge in [0.25, 0.3) is 0 Å². The van der Waals surface area contributed by atoms with E-state index in [1.54, 1.807) is 0 Å². The number of amides is 1. The molecule has 1 saturated heterocycles. The molecular weight excluding hydrogens is 272 g/mol. The van der Waals surface area contributed by atoms with Crippen LogP contribution in [-0.4, -0.2) is 54.8 Å². The molecule has 0 aromatic heterocycles. The van der Waals surface area contributed by atoms with Gasteiger partial charge in [0, 0.05) is 12.6 Å². The van der Waals surface area contributed by atoms with E-state index < -0.39 is 0 Å². The minimum Gasteiger partial charge on any atom is -0.450 e. The summed E-state index contributed by atoms with van der Waals surface area (Å²) in [6, 6.07) is 0.256. The number of hydrogen-bond donors (Lipinski definition) is 1. The Hall–Kier alpha value is -0.420. The zero-order valence-electron chi connectivity index (χ0n) is 13.2. The number of carbonyl (C=O) groups excluding carboxylic acids is 1. The molecule has 1 atom stereocenters. The summed E-state index contributed by atoms with van der Waals surface area (Å²) in [6.45, 7) is 10.1. The van der Waals surface area contributed by atoms with Crippen molar-refractivity contribution in [2.75, 3.05) is 37.7 Å². The van der Waals surface area contributed by atoms with Crippen LogP contribution in [-0.2, 0) is 4.74 Å². The predicted octanol–water partition coefficient (Wildman–Crippen LogP) is 2.98. The molecule has 5 heteroatoms. The van der Waals surface area contributed by atoms with Crippen molar-refractivity contribution in [2.24, 2.45) is 5.92 Å². The molecule has 4 nitrogen and oxygen atoms in total. The van der Waals surface area contributed by atoms with Gasteiger partial charge >= 0.3 is 6.09 Å². The lowest BCUT2D eigenvalue weighted by molar-refractivity contribution is 0.134. The van der Waals surface area contributed by atoms with Crippen LogP contribution in [0.2, 0.25) is 0 Å². The van der Waals surface area contributed by atoms with E-state index in [4.69, 9.17) is 4.74 Å². The molecule has 0 radical (unpaired) electrons. The summed E-state index contributed by atoms with van der Waals surface area (Å²) in [4.78, 5) is 13.9. The van der Waals surface area contributed by atoms with Crippen molar-refractivity contribution in [1.29, 1.82) is 0 Å². The molecule has 0 aliphatic carbocycles. The molecule has 118 valence electrons. The molecule has 1 aliphatic heterocycles. The van der Waals surface area contributed by atoms with Crippen LogP contribution in [0.5, 0.6) is 0 Å². The van der Waals surface area contributed by atoms with Crippen LogP contribution < -0.4 is 5.32 Å². The lowest BCUT2D eigenvalue weighted by atomic mass is 10.1. The predicted molar refractivity (Wildman–Crippen MR) is 86.4 cm³/mol. The molecule has 1 rings (SSSR count). The number of likely N-dealkylation sites (tertiary alicyclic amines) is 1. The standard InChI is InChI=1S/C15H30N2O2S/c1-4-19-15(18)16-14-7-5-8-17(11-14)9-6-10-20-12-13(2)3/h13-14H,4-12H2,1-3H3,(H,16,18)/t14-/m0/s1. The van der Waals surface area contributed by atoms with Crippen molar-refractivity contribution in [1.82, 2.24) is 10.2 Å². The van der Waals surface area contributed by atoms with Crippen LogP contribution >= 0.6 is 11.8 Å². The van der Waals surface area contributed by atoms with Gasteiger partial charge in [0.2, 0.25) is 0 Å². The van der Waals surface area contributed by atoms with Gasteiger partial charge in [0.1, 0.15) is 0 Å². The number of carbonyl (C=O) groups is 1. The third-order valence-electron chi connectivity index (χ3n) is 3.32. The molecule has 1 fully saturated rings. The van der Waals surface area contributed by atoms with Crippen LogP contribution in [0.4, 0.5) is 4.79 Å². The van der Waals surface area contributed by atoms with Crippen LogP contribution in [0, 0.1) is 5.92 Å². The first-order valence-electron chi connectivity index (χ1n) is 7.85. The van der Waals surface area contributed by atoms with Gasteiger partial charge in [-0.25, -0.2) is 4.79 Å². The van der Waals surface area contributed by atoms with E-state index >= 15 is 0 Å². The maximum absolute atomic E-state index is 11.4. The van der Waals surface area contributed by atoms with Gasteiger partial charge < -0.3 is 15.0 Å². The van der Waals surface area contributed by atoms with Crippen molar-refractivity contribution < 1.29 is 9.53 Å². The third kappa shape index (κ3) is 8.00. The maximum Gasteiger partial charge on any atom is 0.407 e. The molecular formula is C15H30N2O2S. The third-order valence-corrected chi connectivity index (χ3v) is 4.80. The van der Waals surface area contributed by atoms with Crippen molar-refractivity contribution in [3.05, 3.63) is 0 Å². The number of hydrogen-bond acceptors (Lipinski definition) is 4. The van der Waals surface area contributed by atoms with Gasteiger partial charge in [-0.1, -0.05) is 13.8 Å². The van der Waals surface area contributed by atoms with E-state index in [1.165, 1.54) is 17.9 Å². The number of ether oxygens (including phenoxy) is 1. The maximum atomic E-state index is 11.4. The second-order valence-electron chi connectivity index (χ2n) is 5.83. The molecule has 0 aromatic carbocycles. The Balaban J connectivity index is 2.12. The van der Waals surface area contributed by atoms with Gasteiger partial charge in [-0.3, -0.25) is 0 Å². The van der Waals surface area contributed by atoms with E-state index in [1.807, 2.05) is 6.92 Å². The first-order valence-corrected chi connectivity index (χ1v) is 9.00. The topological polar surface area (TPSA) is 41.6 Å². The molecule has 1 N–H and O–H groups in total. The highest BCUT2D eigenvalue weighted by molar-refractivity contribution is 7.99. The van der Waals surface area contributed by atoms with E-state index in [0.29, 0.717) is 6.61 Å². The molecule has 0 saturated carbocycles. The Bertz CT molecular complexity index is 275. The average molecular weight is 302 g/mol. The van der Waals surface area contributed by atoms with Crippen molar-refractivity contribution >= 4 is 17.9 Å². The van der Waals surface area contributed by atoms with Crippen molar-refractivity contribution in [3.63, 3.8) is 0 Å². The van der Waals surface area contributed by atoms with E-state index in [-0.39, 0.29) is 12.1 Å². The van der Waals surface area contributed by atoms with Crippen LogP contribution in [0.25, 0.3) is 0 Å². The summed E-state index contributed by atoms with van der Waals surface area (Å²) >= 11 is 2.05. The smallest absolute Gasteiger partial charge is 0.407 e. The highest BCUT2D eigenvalue weighted by Gasteiger charge is 2.21. The summed E-state index contributed by atoms with van der Waals surface area (Å²) in [5, 5.41) is 2.96. The molecule has 0 spiro atoms. The Morgan fingerprint density at radius 1 is 1.50 bits per heavy atom. The number of thioether (sulfide) groups is 1. The SMILES string of the molecule is CCOC(=O)N[C@H]1CCCN(CCCSCC(C)C)C1. The molecule has 1 heterocycles. The van der Waals surface area contributed by atoms with Crippen LogP contribution in [0.15, 0.2) is 0 Å². The van der Waals surface area contributed by atoms with Gasteiger partial charge in [-0.05, 0) is 56.7 Å². The first kappa shape index (κ1) is 17.6. The molecule has 0 aromatic rings. The summed E-state index contributed by atoms with van der Waals surface area (Å²) in [7, 11) is 0. The molecule has 0 bridgehead atoms. The molecule has 0 unspecified atom stereocenters. The zero-order valence-corrected chi connectivity index (χ0v) is 14.0. The summed E-state index contributed by atoms with van der Waals surface area (Å²) in [6.07, 6.45) is 3.20. The lowest BCUT2D eigenvalue weighted by Crippen LogP contribution is -2.48. The minimum absolute atomic E-state index is 0.256. The first-order chi connectivity index (χ1) is 9.61. The fourth-order valence-corrected chi connectivity index (χ4v) is 3.40. The normalized spacial score (nSPS) is 20.1. The van der Waals surface area contributed by atoms with Gasteiger partial charge in [0.05, 0.1) is 6.61 Å². The molecule has 1 amide bonds. The Morgan fingerprint density at radius 2 is 2.30 bits per heavy atom. The Labute approximate surface area is 128 Å². The summed E-state index contributed by atoms with van der Waals surface area (Å²) in [5.41, 5.74) is 0. The Morgan fingerprint density at radius 3 is 3.00 bits per heavy atom. The van der Waals surface area contributed by atoms with Crippen molar-refractivity contribution in [2.45, 2.75) is 46.1 Å². The van der Waals surface area contributed by atoms with E-state index in [0.717, 1.165) is 38.4 Å². The second kappa shape index (κ2) is 10.3. The quantitative estimate of drug-likeness (QED) is 0.700. The summed E-state index contributed by atoms with van der Waals surface area (Å²) < 4.78 is 4.94. The lowest BCUT2D eigenvalue weighted by Gasteiger charge is -2.32. The molecule has 20 heavy (non-hydrogen) atoms. The van der Waals surface area contributed by atoms with Gasteiger partial charge in [-0.2, -0.15) is 11.8 Å². The number of nitrogens with one attached hydrogen (secondary N) is 1. The van der Waals surface area contributed by atoms with E-state index in [2.05, 4.69) is 35.8 Å². The van der Waals surface area contributed by atoms with Gasteiger partial charge in [-0.15, -0.1) is 0 Å². The summed E-state index contributed by atoms with van der Waals surface area (Å²) in [5.74, 6) is 3.28. The number of piperidine rings is 1. The van der Waals surface area contributed by atoms with Crippen LogP contribution in [0.3, 0.4) is 0 Å².